The second-order valence-electron chi connectivity index (χ2n) is 6.74. The van der Waals surface area contributed by atoms with Gasteiger partial charge >= 0.3 is 12.0 Å². The van der Waals surface area contributed by atoms with Gasteiger partial charge in [0, 0.05) is 0 Å². The number of urea groups is 1. The van der Waals surface area contributed by atoms with Crippen molar-refractivity contribution in [3.05, 3.63) is 47.2 Å². The van der Waals surface area contributed by atoms with Gasteiger partial charge in [-0.15, -0.1) is 0 Å². The summed E-state index contributed by atoms with van der Waals surface area (Å²) in [6.07, 6.45) is -7.48. The maximum Gasteiger partial charge on any atom is 0.338 e. The van der Waals surface area contributed by atoms with Crippen molar-refractivity contribution < 1.29 is 39.5 Å². The van der Waals surface area contributed by atoms with E-state index in [2.05, 4.69) is 10.6 Å². The first-order chi connectivity index (χ1) is 13.9. The predicted octanol–water partition coefficient (Wildman–Crippen LogP) is -1.30. The van der Waals surface area contributed by atoms with Gasteiger partial charge in [-0.2, -0.15) is 0 Å². The zero-order chi connectivity index (χ0) is 21.1. The molecule has 0 unspecified atom stereocenters. The Morgan fingerprint density at radius 3 is 2.45 bits per heavy atom. The monoisotopic (exact) mass is 408 g/mol. The van der Waals surface area contributed by atoms with Crippen molar-refractivity contribution in [2.75, 3.05) is 13.2 Å². The first-order valence-corrected chi connectivity index (χ1v) is 9.23. The maximum atomic E-state index is 12.8. The van der Waals surface area contributed by atoms with Crippen LogP contribution < -0.4 is 10.6 Å². The van der Waals surface area contributed by atoms with E-state index in [0.717, 1.165) is 0 Å². The number of amides is 2. The number of esters is 1. The lowest BCUT2D eigenvalue weighted by Gasteiger charge is -2.42. The zero-order valence-corrected chi connectivity index (χ0v) is 15.7. The summed E-state index contributed by atoms with van der Waals surface area (Å²) in [7, 11) is 0. The van der Waals surface area contributed by atoms with E-state index < -0.39 is 55.2 Å². The van der Waals surface area contributed by atoms with Gasteiger partial charge in [-0.1, -0.05) is 30.3 Å². The Hall–Kier alpha value is -2.50. The second-order valence-corrected chi connectivity index (χ2v) is 6.74. The fourth-order valence-corrected chi connectivity index (χ4v) is 3.48. The van der Waals surface area contributed by atoms with Crippen LogP contribution in [0.3, 0.4) is 0 Å². The van der Waals surface area contributed by atoms with Crippen LogP contribution in [0.1, 0.15) is 18.5 Å². The van der Waals surface area contributed by atoms with E-state index in [4.69, 9.17) is 9.47 Å². The number of aliphatic hydroxyl groups is 4. The van der Waals surface area contributed by atoms with Crippen molar-refractivity contribution in [1.29, 1.82) is 0 Å². The first-order valence-electron chi connectivity index (χ1n) is 9.23. The molecule has 1 aromatic rings. The molecule has 1 aromatic carbocycles. The summed E-state index contributed by atoms with van der Waals surface area (Å²) in [6, 6.07) is 7.12. The molecule has 0 saturated carbocycles. The third-order valence-electron chi connectivity index (χ3n) is 4.91. The number of benzene rings is 1. The normalized spacial score (nSPS) is 32.4. The van der Waals surface area contributed by atoms with E-state index >= 15 is 0 Å². The van der Waals surface area contributed by atoms with Crippen LogP contribution in [-0.2, 0) is 14.3 Å². The fraction of sp³-hybridized carbons (Fsp3) is 0.474. The molecule has 0 aromatic heterocycles. The fourth-order valence-electron chi connectivity index (χ4n) is 3.48. The van der Waals surface area contributed by atoms with Gasteiger partial charge in [-0.05, 0) is 12.5 Å². The van der Waals surface area contributed by atoms with E-state index in [1.54, 1.807) is 37.3 Å². The van der Waals surface area contributed by atoms with Crippen LogP contribution in [-0.4, -0.2) is 76.2 Å². The van der Waals surface area contributed by atoms with Gasteiger partial charge < -0.3 is 40.5 Å². The summed E-state index contributed by atoms with van der Waals surface area (Å²) in [5.74, 6) is -0.749. The molecule has 2 amide bonds. The van der Waals surface area contributed by atoms with E-state index in [1.807, 2.05) is 0 Å². The molecule has 10 nitrogen and oxygen atoms in total. The second kappa shape index (κ2) is 8.89. The number of aliphatic hydroxyl groups excluding tert-OH is 4. The van der Waals surface area contributed by atoms with Gasteiger partial charge in [0.2, 0.25) is 0 Å². The summed E-state index contributed by atoms with van der Waals surface area (Å²) in [5, 5.41) is 45.1. The SMILES string of the molecule is CCOC(=O)C1=C([C@@H]2O[C@H](CO)[C@@H](O)[C@H](O)[C@@H]2O)NC(=O)N[C@H]1c1ccccc1. The van der Waals surface area contributed by atoms with Crippen LogP contribution in [0.4, 0.5) is 4.79 Å². The Balaban J connectivity index is 2.11. The molecule has 2 aliphatic heterocycles. The molecule has 0 bridgehead atoms. The molecule has 6 atom stereocenters. The smallest absolute Gasteiger partial charge is 0.338 e. The van der Waals surface area contributed by atoms with Crippen molar-refractivity contribution in [1.82, 2.24) is 10.6 Å². The first kappa shape index (κ1) is 21.2. The summed E-state index contributed by atoms with van der Waals surface area (Å²) >= 11 is 0. The highest BCUT2D eigenvalue weighted by atomic mass is 16.5. The minimum absolute atomic E-state index is 0.0121. The Morgan fingerprint density at radius 1 is 1.14 bits per heavy atom. The molecule has 29 heavy (non-hydrogen) atoms. The van der Waals surface area contributed by atoms with Crippen LogP contribution in [0.5, 0.6) is 0 Å². The van der Waals surface area contributed by atoms with Crippen molar-refractivity contribution in [3.63, 3.8) is 0 Å². The summed E-state index contributed by atoms with van der Waals surface area (Å²) in [4.78, 5) is 25.1. The van der Waals surface area contributed by atoms with Crippen molar-refractivity contribution in [2.24, 2.45) is 0 Å². The Kier molecular flexibility index (Phi) is 6.50. The minimum Gasteiger partial charge on any atom is -0.463 e. The Morgan fingerprint density at radius 2 is 1.83 bits per heavy atom. The number of carbonyl (C=O) groups excluding carboxylic acids is 2. The van der Waals surface area contributed by atoms with E-state index in [-0.39, 0.29) is 17.9 Å². The van der Waals surface area contributed by atoms with Gasteiger partial charge in [0.05, 0.1) is 30.5 Å². The van der Waals surface area contributed by atoms with Crippen LogP contribution in [0.2, 0.25) is 0 Å². The number of rotatable bonds is 5. The van der Waals surface area contributed by atoms with Gasteiger partial charge in [0.15, 0.2) is 0 Å². The number of ether oxygens (including phenoxy) is 2. The van der Waals surface area contributed by atoms with Gasteiger partial charge in [0.25, 0.3) is 0 Å². The molecular weight excluding hydrogens is 384 g/mol. The molecular formula is C19H24N2O8. The largest absolute Gasteiger partial charge is 0.463 e. The molecule has 10 heteroatoms. The Labute approximate surface area is 166 Å². The van der Waals surface area contributed by atoms with Crippen molar-refractivity contribution in [3.8, 4) is 0 Å². The molecule has 3 rings (SSSR count). The molecule has 0 spiro atoms. The standard InChI is InChI=1S/C19H24N2O8/c1-2-28-18(26)11-12(9-6-4-3-5-7-9)20-19(27)21-13(11)17-16(25)15(24)14(23)10(8-22)29-17/h3-7,10,12,14-17,22-25H,2,8H2,1H3,(H2,20,21,27)/t10-,12+,14-,15+,16+,17+/m1/s1. The quantitative estimate of drug-likeness (QED) is 0.328. The molecule has 158 valence electrons. The molecule has 2 aliphatic rings. The average Bonchev–Trinajstić information content (AvgIpc) is 2.72. The van der Waals surface area contributed by atoms with Gasteiger partial charge in [-0.25, -0.2) is 9.59 Å². The number of carbonyl (C=O) groups is 2. The summed E-state index contributed by atoms with van der Waals surface area (Å²) < 4.78 is 10.7. The van der Waals surface area contributed by atoms with Crippen molar-refractivity contribution in [2.45, 2.75) is 43.5 Å². The third-order valence-corrected chi connectivity index (χ3v) is 4.91. The van der Waals surface area contributed by atoms with Crippen LogP contribution in [0, 0.1) is 0 Å². The topological polar surface area (TPSA) is 158 Å². The highest BCUT2D eigenvalue weighted by molar-refractivity contribution is 5.95. The van der Waals surface area contributed by atoms with Gasteiger partial charge in [-0.3, -0.25) is 0 Å². The molecule has 0 radical (unpaired) electrons. The molecule has 1 saturated heterocycles. The molecule has 0 aliphatic carbocycles. The van der Waals surface area contributed by atoms with Crippen LogP contribution in [0.25, 0.3) is 0 Å². The predicted molar refractivity (Wildman–Crippen MR) is 98.3 cm³/mol. The third kappa shape index (κ3) is 4.11. The molecule has 2 heterocycles. The molecule has 1 fully saturated rings. The van der Waals surface area contributed by atoms with Crippen LogP contribution in [0.15, 0.2) is 41.6 Å². The number of hydrogen-bond donors (Lipinski definition) is 6. The van der Waals surface area contributed by atoms with E-state index in [9.17, 15) is 30.0 Å². The lowest BCUT2D eigenvalue weighted by atomic mass is 9.88. The minimum atomic E-state index is -1.66. The number of hydrogen-bond acceptors (Lipinski definition) is 8. The van der Waals surface area contributed by atoms with E-state index in [1.165, 1.54) is 0 Å². The lowest BCUT2D eigenvalue weighted by Crippen LogP contribution is -2.62. The average molecular weight is 408 g/mol. The summed E-state index contributed by atoms with van der Waals surface area (Å²) in [5.41, 5.74) is 0.479. The maximum absolute atomic E-state index is 12.8. The van der Waals surface area contributed by atoms with Crippen LogP contribution >= 0.6 is 0 Å². The summed E-state index contributed by atoms with van der Waals surface area (Å²) in [6.45, 7) is 1.05. The van der Waals surface area contributed by atoms with E-state index in [0.29, 0.717) is 5.56 Å². The zero-order valence-electron chi connectivity index (χ0n) is 15.7. The van der Waals surface area contributed by atoms with Gasteiger partial charge in [0.1, 0.15) is 30.5 Å². The highest BCUT2D eigenvalue weighted by Crippen LogP contribution is 2.33. The lowest BCUT2D eigenvalue weighted by molar-refractivity contribution is -0.220. The Bertz CT molecular complexity index is 782. The highest BCUT2D eigenvalue weighted by Gasteiger charge is 2.48. The number of nitrogens with one attached hydrogen (secondary N) is 2. The van der Waals surface area contributed by atoms with Crippen molar-refractivity contribution >= 4 is 12.0 Å². The molecule has 6 N–H and O–H groups in total.